The van der Waals surface area contributed by atoms with Crippen molar-refractivity contribution in [2.45, 2.75) is 32.6 Å². The first-order chi connectivity index (χ1) is 7.19. The normalized spacial score (nSPS) is 18.6. The second kappa shape index (κ2) is 5.58. The van der Waals surface area contributed by atoms with Gasteiger partial charge in [0.1, 0.15) is 0 Å². The fourth-order valence-electron chi connectivity index (χ4n) is 1.53. The molecule has 0 bridgehead atoms. The van der Waals surface area contributed by atoms with Gasteiger partial charge in [-0.1, -0.05) is 24.9 Å². The maximum absolute atomic E-state index is 11.6. The van der Waals surface area contributed by atoms with Gasteiger partial charge in [-0.05, 0) is 18.8 Å². The van der Waals surface area contributed by atoms with E-state index in [0.717, 1.165) is 12.3 Å². The standard InChI is InChI=1S/C10H19N3O2/c1-2-8(9(11)13-15)10(14)12-6-5-7-3-4-7/h7-8,15H,2-6H2,1H3,(H2,11,13)(H,12,14). The number of nitrogens with two attached hydrogens (primary N) is 1. The lowest BCUT2D eigenvalue weighted by Gasteiger charge is -2.12. The number of oxime groups is 1. The summed E-state index contributed by atoms with van der Waals surface area (Å²) >= 11 is 0. The number of nitrogens with one attached hydrogen (secondary N) is 1. The number of hydrogen-bond acceptors (Lipinski definition) is 3. The molecule has 1 atom stereocenters. The second-order valence-corrected chi connectivity index (χ2v) is 4.01. The minimum atomic E-state index is -0.505. The van der Waals surface area contributed by atoms with Crippen molar-refractivity contribution in [1.82, 2.24) is 5.32 Å². The Balaban J connectivity index is 2.28. The lowest BCUT2D eigenvalue weighted by atomic mass is 10.0. The summed E-state index contributed by atoms with van der Waals surface area (Å²) in [5, 5.41) is 14.2. The van der Waals surface area contributed by atoms with Crippen LogP contribution in [0.15, 0.2) is 5.16 Å². The molecule has 0 aromatic carbocycles. The zero-order valence-electron chi connectivity index (χ0n) is 9.07. The average molecular weight is 213 g/mol. The summed E-state index contributed by atoms with van der Waals surface area (Å²) in [5.41, 5.74) is 5.41. The summed E-state index contributed by atoms with van der Waals surface area (Å²) in [6.45, 7) is 2.53. The Labute approximate surface area is 89.7 Å². The minimum Gasteiger partial charge on any atom is -0.409 e. The Kier molecular flexibility index (Phi) is 4.39. The van der Waals surface area contributed by atoms with Gasteiger partial charge in [-0.15, -0.1) is 0 Å². The number of nitrogens with zero attached hydrogens (tertiary/aromatic N) is 1. The molecule has 0 aliphatic heterocycles. The summed E-state index contributed by atoms with van der Waals surface area (Å²) in [6.07, 6.45) is 4.16. The van der Waals surface area contributed by atoms with Crippen LogP contribution in [0.2, 0.25) is 0 Å². The third-order valence-electron chi connectivity index (χ3n) is 2.75. The molecule has 86 valence electrons. The number of rotatable bonds is 6. The second-order valence-electron chi connectivity index (χ2n) is 4.01. The first-order valence-corrected chi connectivity index (χ1v) is 5.44. The molecule has 1 aliphatic carbocycles. The Bertz CT molecular complexity index is 249. The average Bonchev–Trinajstić information content (AvgIpc) is 3.02. The van der Waals surface area contributed by atoms with Crippen LogP contribution in [0.4, 0.5) is 0 Å². The molecule has 0 saturated heterocycles. The molecule has 0 aromatic rings. The van der Waals surface area contributed by atoms with Crippen LogP contribution in [0.1, 0.15) is 32.6 Å². The lowest BCUT2D eigenvalue weighted by molar-refractivity contribution is -0.123. The van der Waals surface area contributed by atoms with E-state index < -0.39 is 5.92 Å². The van der Waals surface area contributed by atoms with Gasteiger partial charge in [0.2, 0.25) is 5.91 Å². The van der Waals surface area contributed by atoms with Crippen molar-refractivity contribution < 1.29 is 10.0 Å². The number of hydrogen-bond donors (Lipinski definition) is 3. The Morgan fingerprint density at radius 1 is 1.67 bits per heavy atom. The summed E-state index contributed by atoms with van der Waals surface area (Å²) in [7, 11) is 0. The molecule has 1 fully saturated rings. The third-order valence-corrected chi connectivity index (χ3v) is 2.75. The maximum atomic E-state index is 11.6. The van der Waals surface area contributed by atoms with Gasteiger partial charge in [-0.3, -0.25) is 4.79 Å². The first-order valence-electron chi connectivity index (χ1n) is 5.44. The van der Waals surface area contributed by atoms with Gasteiger partial charge in [0.15, 0.2) is 5.84 Å². The van der Waals surface area contributed by atoms with Crippen molar-refractivity contribution in [2.75, 3.05) is 6.54 Å². The van der Waals surface area contributed by atoms with Crippen LogP contribution in [0, 0.1) is 11.8 Å². The van der Waals surface area contributed by atoms with Crippen molar-refractivity contribution in [3.05, 3.63) is 0 Å². The molecule has 1 amide bonds. The molecular formula is C10H19N3O2. The van der Waals surface area contributed by atoms with E-state index in [2.05, 4.69) is 10.5 Å². The Morgan fingerprint density at radius 2 is 2.33 bits per heavy atom. The summed E-state index contributed by atoms with van der Waals surface area (Å²) in [5.74, 6) is 0.137. The van der Waals surface area contributed by atoms with Crippen LogP contribution >= 0.6 is 0 Å². The molecule has 0 spiro atoms. The Morgan fingerprint density at radius 3 is 2.80 bits per heavy atom. The monoisotopic (exact) mass is 213 g/mol. The van der Waals surface area contributed by atoms with E-state index >= 15 is 0 Å². The SMILES string of the molecule is CCC(C(=O)NCCC1CC1)C(N)=NO. The van der Waals surface area contributed by atoms with Gasteiger partial charge < -0.3 is 16.3 Å². The van der Waals surface area contributed by atoms with E-state index in [-0.39, 0.29) is 11.7 Å². The highest BCUT2D eigenvalue weighted by molar-refractivity contribution is 6.01. The quantitative estimate of drug-likeness (QED) is 0.262. The molecule has 5 heteroatoms. The van der Waals surface area contributed by atoms with E-state index in [1.807, 2.05) is 6.92 Å². The predicted octanol–water partition coefficient (Wildman–Crippen LogP) is 0.675. The lowest BCUT2D eigenvalue weighted by Crippen LogP contribution is -2.39. The highest BCUT2D eigenvalue weighted by Crippen LogP contribution is 2.31. The van der Waals surface area contributed by atoms with Crippen LogP contribution in [0.5, 0.6) is 0 Å². The van der Waals surface area contributed by atoms with Crippen LogP contribution in [-0.4, -0.2) is 23.5 Å². The molecule has 15 heavy (non-hydrogen) atoms. The van der Waals surface area contributed by atoms with Crippen molar-refractivity contribution in [3.63, 3.8) is 0 Å². The minimum absolute atomic E-state index is 0.0126. The molecule has 4 N–H and O–H groups in total. The number of carbonyl (C=O) groups excluding carboxylic acids is 1. The number of amides is 1. The molecule has 0 aromatic heterocycles. The van der Waals surface area contributed by atoms with Crippen LogP contribution in [-0.2, 0) is 4.79 Å². The smallest absolute Gasteiger partial charge is 0.230 e. The fraction of sp³-hybridized carbons (Fsp3) is 0.800. The molecule has 1 unspecified atom stereocenters. The molecule has 1 saturated carbocycles. The zero-order chi connectivity index (χ0) is 11.3. The largest absolute Gasteiger partial charge is 0.409 e. The molecular weight excluding hydrogens is 194 g/mol. The van der Waals surface area contributed by atoms with Gasteiger partial charge in [-0.2, -0.15) is 0 Å². The molecule has 1 rings (SSSR count). The van der Waals surface area contributed by atoms with Gasteiger partial charge in [0.25, 0.3) is 0 Å². The molecule has 5 nitrogen and oxygen atoms in total. The molecule has 1 aliphatic rings. The van der Waals surface area contributed by atoms with Crippen molar-refractivity contribution in [2.24, 2.45) is 22.7 Å². The van der Waals surface area contributed by atoms with Crippen molar-refractivity contribution in [3.8, 4) is 0 Å². The van der Waals surface area contributed by atoms with E-state index in [1.54, 1.807) is 0 Å². The van der Waals surface area contributed by atoms with Crippen LogP contribution in [0.3, 0.4) is 0 Å². The van der Waals surface area contributed by atoms with E-state index in [4.69, 9.17) is 10.9 Å². The molecule has 0 heterocycles. The number of carbonyl (C=O) groups is 1. The van der Waals surface area contributed by atoms with Gasteiger partial charge >= 0.3 is 0 Å². The van der Waals surface area contributed by atoms with Gasteiger partial charge in [0.05, 0.1) is 5.92 Å². The Hall–Kier alpha value is -1.26. The molecule has 0 radical (unpaired) electrons. The van der Waals surface area contributed by atoms with Crippen LogP contribution < -0.4 is 11.1 Å². The highest BCUT2D eigenvalue weighted by atomic mass is 16.4. The first kappa shape index (κ1) is 11.8. The van der Waals surface area contributed by atoms with Gasteiger partial charge in [-0.25, -0.2) is 0 Å². The summed E-state index contributed by atoms with van der Waals surface area (Å²) < 4.78 is 0. The third kappa shape index (κ3) is 3.77. The predicted molar refractivity (Wildman–Crippen MR) is 57.5 cm³/mol. The van der Waals surface area contributed by atoms with Gasteiger partial charge in [0, 0.05) is 6.54 Å². The maximum Gasteiger partial charge on any atom is 0.230 e. The van der Waals surface area contributed by atoms with E-state index in [9.17, 15) is 4.79 Å². The van der Waals surface area contributed by atoms with E-state index in [0.29, 0.717) is 13.0 Å². The zero-order valence-corrected chi connectivity index (χ0v) is 9.07. The summed E-state index contributed by atoms with van der Waals surface area (Å²) in [4.78, 5) is 11.6. The van der Waals surface area contributed by atoms with Crippen molar-refractivity contribution in [1.29, 1.82) is 0 Å². The van der Waals surface area contributed by atoms with Crippen LogP contribution in [0.25, 0.3) is 0 Å². The van der Waals surface area contributed by atoms with E-state index in [1.165, 1.54) is 12.8 Å². The number of amidine groups is 1. The topological polar surface area (TPSA) is 87.7 Å². The summed E-state index contributed by atoms with van der Waals surface area (Å²) in [6, 6.07) is 0. The highest BCUT2D eigenvalue weighted by Gasteiger charge is 2.23. The fourth-order valence-corrected chi connectivity index (χ4v) is 1.53. The van der Waals surface area contributed by atoms with Crippen molar-refractivity contribution >= 4 is 11.7 Å².